The predicted octanol–water partition coefficient (Wildman–Crippen LogP) is 1.36. The summed E-state index contributed by atoms with van der Waals surface area (Å²) in [7, 11) is 0. The number of likely N-dealkylation sites (tertiary alicyclic amines) is 1. The summed E-state index contributed by atoms with van der Waals surface area (Å²) < 4.78 is 0. The van der Waals surface area contributed by atoms with E-state index in [9.17, 15) is 4.79 Å². The summed E-state index contributed by atoms with van der Waals surface area (Å²) in [5.41, 5.74) is 1.17. The van der Waals surface area contributed by atoms with Crippen molar-refractivity contribution in [2.24, 2.45) is 5.92 Å². The average molecular weight is 183 g/mol. The lowest BCUT2D eigenvalue weighted by Gasteiger charge is -2.14. The fourth-order valence-corrected chi connectivity index (χ4v) is 1.59. The number of aliphatic carboxylic acids is 1. The molecule has 1 fully saturated rings. The highest BCUT2D eigenvalue weighted by molar-refractivity contribution is 5.70. The van der Waals surface area contributed by atoms with Gasteiger partial charge in [-0.2, -0.15) is 0 Å². The SMILES string of the molecule is C=C(C)CCN1CCC(C(=O)O)C1. The highest BCUT2D eigenvalue weighted by Gasteiger charge is 2.27. The average Bonchev–Trinajstić information content (AvgIpc) is 2.48. The zero-order valence-corrected chi connectivity index (χ0v) is 8.12. The van der Waals surface area contributed by atoms with Gasteiger partial charge in [0.1, 0.15) is 0 Å². The molecule has 0 aromatic heterocycles. The first-order valence-electron chi connectivity index (χ1n) is 4.69. The molecule has 1 N–H and O–H groups in total. The molecule has 0 aliphatic carbocycles. The van der Waals surface area contributed by atoms with Crippen LogP contribution in [-0.4, -0.2) is 35.6 Å². The van der Waals surface area contributed by atoms with Gasteiger partial charge in [-0.25, -0.2) is 0 Å². The Hall–Kier alpha value is -0.830. The first kappa shape index (κ1) is 10.3. The maximum Gasteiger partial charge on any atom is 0.307 e. The molecule has 1 unspecified atom stereocenters. The summed E-state index contributed by atoms with van der Waals surface area (Å²) in [5, 5.41) is 8.76. The van der Waals surface area contributed by atoms with Crippen molar-refractivity contribution >= 4 is 5.97 Å². The van der Waals surface area contributed by atoms with Crippen LogP contribution in [0.15, 0.2) is 12.2 Å². The molecule has 0 aromatic rings. The second kappa shape index (κ2) is 4.42. The van der Waals surface area contributed by atoms with Crippen LogP contribution >= 0.6 is 0 Å². The standard InChI is InChI=1S/C10H17NO2/c1-8(2)3-5-11-6-4-9(7-11)10(12)13/h9H,1,3-7H2,2H3,(H,12,13). The van der Waals surface area contributed by atoms with Crippen LogP contribution in [0.2, 0.25) is 0 Å². The summed E-state index contributed by atoms with van der Waals surface area (Å²) in [6.07, 6.45) is 1.78. The second-order valence-corrected chi connectivity index (χ2v) is 3.83. The van der Waals surface area contributed by atoms with E-state index in [2.05, 4.69) is 11.5 Å². The van der Waals surface area contributed by atoms with Crippen molar-refractivity contribution in [3.8, 4) is 0 Å². The molecule has 74 valence electrons. The van der Waals surface area contributed by atoms with E-state index in [1.807, 2.05) is 6.92 Å². The van der Waals surface area contributed by atoms with Gasteiger partial charge in [-0.1, -0.05) is 5.57 Å². The molecule has 1 aliphatic heterocycles. The Kier molecular flexibility index (Phi) is 3.48. The lowest BCUT2D eigenvalue weighted by molar-refractivity contribution is -0.141. The minimum atomic E-state index is -0.655. The summed E-state index contributed by atoms with van der Waals surface area (Å²) in [6, 6.07) is 0. The monoisotopic (exact) mass is 183 g/mol. The van der Waals surface area contributed by atoms with Crippen LogP contribution in [-0.2, 0) is 4.79 Å². The van der Waals surface area contributed by atoms with Crippen molar-refractivity contribution in [3.05, 3.63) is 12.2 Å². The van der Waals surface area contributed by atoms with Crippen LogP contribution < -0.4 is 0 Å². The molecule has 1 aliphatic rings. The van der Waals surface area contributed by atoms with E-state index in [1.165, 1.54) is 5.57 Å². The van der Waals surface area contributed by atoms with Crippen molar-refractivity contribution < 1.29 is 9.90 Å². The van der Waals surface area contributed by atoms with Gasteiger partial charge in [-0.15, -0.1) is 6.58 Å². The van der Waals surface area contributed by atoms with E-state index in [0.717, 1.165) is 25.9 Å². The van der Waals surface area contributed by atoms with Crippen LogP contribution in [0.3, 0.4) is 0 Å². The Morgan fingerprint density at radius 2 is 2.38 bits per heavy atom. The highest BCUT2D eigenvalue weighted by atomic mass is 16.4. The van der Waals surface area contributed by atoms with E-state index in [1.54, 1.807) is 0 Å². The van der Waals surface area contributed by atoms with Gasteiger partial charge in [0.05, 0.1) is 5.92 Å². The van der Waals surface area contributed by atoms with Gasteiger partial charge in [-0.05, 0) is 26.3 Å². The van der Waals surface area contributed by atoms with Gasteiger partial charge in [0, 0.05) is 13.1 Å². The zero-order chi connectivity index (χ0) is 9.84. The number of carboxylic acid groups (broad SMARTS) is 1. The van der Waals surface area contributed by atoms with Crippen molar-refractivity contribution in [2.45, 2.75) is 19.8 Å². The molecule has 0 bridgehead atoms. The van der Waals surface area contributed by atoms with E-state index >= 15 is 0 Å². The van der Waals surface area contributed by atoms with E-state index in [0.29, 0.717) is 6.54 Å². The summed E-state index contributed by atoms with van der Waals surface area (Å²) in [6.45, 7) is 8.42. The Labute approximate surface area is 79.0 Å². The summed E-state index contributed by atoms with van der Waals surface area (Å²) in [5.74, 6) is -0.803. The van der Waals surface area contributed by atoms with Gasteiger partial charge >= 0.3 is 5.97 Å². The molecule has 0 radical (unpaired) electrons. The Morgan fingerprint density at radius 3 is 2.85 bits per heavy atom. The maximum absolute atomic E-state index is 10.6. The summed E-state index contributed by atoms with van der Waals surface area (Å²) in [4.78, 5) is 12.8. The topological polar surface area (TPSA) is 40.5 Å². The first-order valence-corrected chi connectivity index (χ1v) is 4.69. The normalized spacial score (nSPS) is 23.3. The molecule has 3 heteroatoms. The fraction of sp³-hybridized carbons (Fsp3) is 0.700. The van der Waals surface area contributed by atoms with E-state index in [-0.39, 0.29) is 5.92 Å². The molecule has 1 saturated heterocycles. The van der Waals surface area contributed by atoms with E-state index < -0.39 is 5.97 Å². The van der Waals surface area contributed by atoms with Gasteiger partial charge in [0.25, 0.3) is 0 Å². The third-order valence-electron chi connectivity index (χ3n) is 2.48. The van der Waals surface area contributed by atoms with Crippen molar-refractivity contribution in [2.75, 3.05) is 19.6 Å². The molecule has 3 nitrogen and oxygen atoms in total. The first-order chi connectivity index (χ1) is 6.09. The minimum absolute atomic E-state index is 0.148. The zero-order valence-electron chi connectivity index (χ0n) is 8.12. The molecular formula is C10H17NO2. The predicted molar refractivity (Wildman–Crippen MR) is 51.6 cm³/mol. The third kappa shape index (κ3) is 3.19. The van der Waals surface area contributed by atoms with Gasteiger partial charge < -0.3 is 10.0 Å². The smallest absolute Gasteiger partial charge is 0.307 e. The van der Waals surface area contributed by atoms with Crippen molar-refractivity contribution in [3.63, 3.8) is 0 Å². The lowest BCUT2D eigenvalue weighted by Crippen LogP contribution is -2.24. The molecule has 0 amide bonds. The molecule has 1 heterocycles. The molecule has 0 spiro atoms. The number of carboxylic acids is 1. The minimum Gasteiger partial charge on any atom is -0.481 e. The Balaban J connectivity index is 2.25. The van der Waals surface area contributed by atoms with Crippen LogP contribution in [0, 0.1) is 5.92 Å². The van der Waals surface area contributed by atoms with Gasteiger partial charge in [0.2, 0.25) is 0 Å². The highest BCUT2D eigenvalue weighted by Crippen LogP contribution is 2.16. The molecular weight excluding hydrogens is 166 g/mol. The van der Waals surface area contributed by atoms with Crippen LogP contribution in [0.4, 0.5) is 0 Å². The van der Waals surface area contributed by atoms with Gasteiger partial charge in [-0.3, -0.25) is 4.79 Å². The third-order valence-corrected chi connectivity index (χ3v) is 2.48. The lowest BCUT2D eigenvalue weighted by atomic mass is 10.1. The van der Waals surface area contributed by atoms with Crippen molar-refractivity contribution in [1.29, 1.82) is 0 Å². The van der Waals surface area contributed by atoms with Crippen molar-refractivity contribution in [1.82, 2.24) is 4.90 Å². The Morgan fingerprint density at radius 1 is 1.69 bits per heavy atom. The largest absolute Gasteiger partial charge is 0.481 e. The number of hydrogen-bond acceptors (Lipinski definition) is 2. The van der Waals surface area contributed by atoms with Crippen LogP contribution in [0.25, 0.3) is 0 Å². The number of nitrogens with zero attached hydrogens (tertiary/aromatic N) is 1. The second-order valence-electron chi connectivity index (χ2n) is 3.83. The molecule has 1 atom stereocenters. The summed E-state index contributed by atoms with van der Waals surface area (Å²) >= 11 is 0. The molecule has 0 saturated carbocycles. The maximum atomic E-state index is 10.6. The van der Waals surface area contributed by atoms with E-state index in [4.69, 9.17) is 5.11 Å². The Bertz CT molecular complexity index is 213. The van der Waals surface area contributed by atoms with Crippen LogP contribution in [0.1, 0.15) is 19.8 Å². The molecule has 0 aromatic carbocycles. The number of carbonyl (C=O) groups is 1. The quantitative estimate of drug-likeness (QED) is 0.669. The number of hydrogen-bond donors (Lipinski definition) is 1. The fourth-order valence-electron chi connectivity index (χ4n) is 1.59. The molecule has 13 heavy (non-hydrogen) atoms. The molecule has 1 rings (SSSR count). The van der Waals surface area contributed by atoms with Crippen LogP contribution in [0.5, 0.6) is 0 Å². The number of rotatable bonds is 4. The van der Waals surface area contributed by atoms with Gasteiger partial charge in [0.15, 0.2) is 0 Å².